The fourth-order valence-electron chi connectivity index (χ4n) is 2.41. The molecule has 0 radical (unpaired) electrons. The number of aromatic amines is 1. The zero-order valence-corrected chi connectivity index (χ0v) is 10.6. The molecule has 7 heteroatoms. The number of benzene rings is 1. The summed E-state index contributed by atoms with van der Waals surface area (Å²) in [6.07, 6.45) is 1.08. The second-order valence-corrected chi connectivity index (χ2v) is 4.78. The number of imidazole rings is 1. The number of non-ortho nitro benzene ring substituents is 1. The summed E-state index contributed by atoms with van der Waals surface area (Å²) in [7, 11) is 1.99. The molecule has 1 aliphatic rings. The van der Waals surface area contributed by atoms with Crippen LogP contribution < -0.4 is 10.2 Å². The summed E-state index contributed by atoms with van der Waals surface area (Å²) in [5.41, 5.74) is 1.52. The van der Waals surface area contributed by atoms with Crippen LogP contribution in [0.5, 0.6) is 0 Å². The summed E-state index contributed by atoms with van der Waals surface area (Å²) < 4.78 is 0. The summed E-state index contributed by atoms with van der Waals surface area (Å²) in [5.74, 6) is 0.754. The number of likely N-dealkylation sites (N-methyl/N-ethyl adjacent to an activating group) is 1. The zero-order valence-electron chi connectivity index (χ0n) is 10.6. The van der Waals surface area contributed by atoms with E-state index in [-0.39, 0.29) is 5.69 Å². The monoisotopic (exact) mass is 261 g/mol. The van der Waals surface area contributed by atoms with Crippen molar-refractivity contribution < 1.29 is 4.92 Å². The summed E-state index contributed by atoms with van der Waals surface area (Å²) in [6.45, 7) is 1.95. The van der Waals surface area contributed by atoms with E-state index in [0.29, 0.717) is 11.6 Å². The van der Waals surface area contributed by atoms with Gasteiger partial charge in [0.05, 0.1) is 16.0 Å². The van der Waals surface area contributed by atoms with E-state index in [1.807, 2.05) is 7.05 Å². The van der Waals surface area contributed by atoms with Gasteiger partial charge in [0.25, 0.3) is 5.69 Å². The summed E-state index contributed by atoms with van der Waals surface area (Å²) >= 11 is 0. The van der Waals surface area contributed by atoms with Crippen LogP contribution in [0, 0.1) is 10.1 Å². The lowest BCUT2D eigenvalue weighted by atomic mass is 10.2. The second-order valence-electron chi connectivity index (χ2n) is 4.78. The first-order chi connectivity index (χ1) is 9.15. The molecule has 3 rings (SSSR count). The van der Waals surface area contributed by atoms with E-state index in [1.54, 1.807) is 6.07 Å². The number of aromatic nitrogens is 2. The van der Waals surface area contributed by atoms with Crippen molar-refractivity contribution >= 4 is 22.7 Å². The van der Waals surface area contributed by atoms with Crippen molar-refractivity contribution in [3.8, 4) is 0 Å². The van der Waals surface area contributed by atoms with Crippen LogP contribution in [0.3, 0.4) is 0 Å². The summed E-state index contributed by atoms with van der Waals surface area (Å²) in [4.78, 5) is 20.1. The van der Waals surface area contributed by atoms with E-state index < -0.39 is 4.92 Å². The van der Waals surface area contributed by atoms with Crippen LogP contribution in [0.1, 0.15) is 6.42 Å². The lowest BCUT2D eigenvalue weighted by Gasteiger charge is -2.22. The molecule has 1 aromatic carbocycles. The predicted molar refractivity (Wildman–Crippen MR) is 72.4 cm³/mol. The summed E-state index contributed by atoms with van der Waals surface area (Å²) in [5, 5.41) is 14.1. The molecule has 2 N–H and O–H groups in total. The average molecular weight is 261 g/mol. The molecule has 7 nitrogen and oxygen atoms in total. The maximum atomic E-state index is 10.7. The number of rotatable bonds is 3. The smallest absolute Gasteiger partial charge is 0.271 e. The number of anilines is 1. The number of nitro benzene ring substituents is 1. The van der Waals surface area contributed by atoms with E-state index in [2.05, 4.69) is 20.2 Å². The lowest BCUT2D eigenvalue weighted by molar-refractivity contribution is -0.384. The van der Waals surface area contributed by atoms with Gasteiger partial charge in [-0.1, -0.05) is 0 Å². The molecule has 19 heavy (non-hydrogen) atoms. The molecular weight excluding hydrogens is 246 g/mol. The van der Waals surface area contributed by atoms with Crippen LogP contribution in [0.25, 0.3) is 11.0 Å². The Labute approximate surface area is 109 Å². The van der Waals surface area contributed by atoms with Gasteiger partial charge in [0.15, 0.2) is 0 Å². The first-order valence-electron chi connectivity index (χ1n) is 6.23. The van der Waals surface area contributed by atoms with Crippen LogP contribution in [-0.4, -0.2) is 41.1 Å². The SMILES string of the molecule is CN(c1nc2ccc([N+](=O)[O-])cc2[nH]1)C1CCNC1. The third kappa shape index (κ3) is 2.12. The fraction of sp³-hybridized carbons (Fsp3) is 0.417. The number of fused-ring (bicyclic) bond motifs is 1. The van der Waals surface area contributed by atoms with E-state index in [9.17, 15) is 10.1 Å². The van der Waals surface area contributed by atoms with Crippen molar-refractivity contribution in [2.45, 2.75) is 12.5 Å². The summed E-state index contributed by atoms with van der Waals surface area (Å²) in [6, 6.07) is 5.08. The minimum absolute atomic E-state index is 0.0767. The molecule has 100 valence electrons. The molecule has 0 aliphatic carbocycles. The maximum absolute atomic E-state index is 10.7. The van der Waals surface area contributed by atoms with Gasteiger partial charge in [-0.25, -0.2) is 4.98 Å². The van der Waals surface area contributed by atoms with Crippen molar-refractivity contribution in [3.63, 3.8) is 0 Å². The van der Waals surface area contributed by atoms with Gasteiger partial charge < -0.3 is 15.2 Å². The van der Waals surface area contributed by atoms with E-state index in [4.69, 9.17) is 0 Å². The van der Waals surface area contributed by atoms with E-state index in [1.165, 1.54) is 12.1 Å². The average Bonchev–Trinajstić information content (AvgIpc) is 3.06. The van der Waals surface area contributed by atoms with Crippen molar-refractivity contribution in [1.29, 1.82) is 0 Å². The Morgan fingerprint density at radius 1 is 1.53 bits per heavy atom. The Balaban J connectivity index is 1.94. The van der Waals surface area contributed by atoms with E-state index in [0.717, 1.165) is 31.0 Å². The molecular formula is C12H15N5O2. The third-order valence-electron chi connectivity index (χ3n) is 3.58. The topological polar surface area (TPSA) is 87.1 Å². The number of nitrogens with one attached hydrogen (secondary N) is 2. The number of H-pyrrole nitrogens is 1. The standard InChI is InChI=1S/C12H15N5O2/c1-16(9-4-5-13-7-9)12-14-10-3-2-8(17(18)19)6-11(10)15-12/h2-3,6,9,13H,4-5,7H2,1H3,(H,14,15). The van der Waals surface area contributed by atoms with Crippen LogP contribution in [0.4, 0.5) is 11.6 Å². The lowest BCUT2D eigenvalue weighted by Crippen LogP contribution is -2.34. The Bertz CT molecular complexity index is 618. The quantitative estimate of drug-likeness (QED) is 0.641. The van der Waals surface area contributed by atoms with Gasteiger partial charge in [-0.3, -0.25) is 10.1 Å². The van der Waals surface area contributed by atoms with Crippen LogP contribution in [0.15, 0.2) is 18.2 Å². The molecule has 0 bridgehead atoms. The van der Waals surface area contributed by atoms with Gasteiger partial charge in [-0.05, 0) is 19.0 Å². The fourth-order valence-corrected chi connectivity index (χ4v) is 2.41. The predicted octanol–water partition coefficient (Wildman–Crippen LogP) is 1.27. The first-order valence-corrected chi connectivity index (χ1v) is 6.23. The van der Waals surface area contributed by atoms with Gasteiger partial charge in [0, 0.05) is 31.8 Å². The van der Waals surface area contributed by atoms with Crippen LogP contribution in [-0.2, 0) is 0 Å². The molecule has 0 spiro atoms. The molecule has 1 atom stereocenters. The molecule has 0 amide bonds. The molecule has 2 heterocycles. The highest BCUT2D eigenvalue weighted by Gasteiger charge is 2.21. The van der Waals surface area contributed by atoms with E-state index >= 15 is 0 Å². The number of nitro groups is 1. The van der Waals surface area contributed by atoms with Gasteiger partial charge in [-0.2, -0.15) is 0 Å². The Kier molecular flexibility index (Phi) is 2.83. The molecule has 1 aromatic heterocycles. The minimum atomic E-state index is -0.398. The highest BCUT2D eigenvalue weighted by atomic mass is 16.6. The van der Waals surface area contributed by atoms with Crippen LogP contribution in [0.2, 0.25) is 0 Å². The first kappa shape index (κ1) is 11.9. The Hall–Kier alpha value is -2.15. The van der Waals surface area contributed by atoms with Crippen molar-refractivity contribution in [2.24, 2.45) is 0 Å². The molecule has 1 saturated heterocycles. The molecule has 1 unspecified atom stereocenters. The van der Waals surface area contributed by atoms with Crippen molar-refractivity contribution in [2.75, 3.05) is 25.0 Å². The normalized spacial score (nSPS) is 18.9. The van der Waals surface area contributed by atoms with Gasteiger partial charge >= 0.3 is 0 Å². The number of nitrogens with zero attached hydrogens (tertiary/aromatic N) is 3. The number of hydrogen-bond acceptors (Lipinski definition) is 5. The molecule has 0 saturated carbocycles. The Morgan fingerprint density at radius 3 is 3.05 bits per heavy atom. The van der Waals surface area contributed by atoms with Crippen molar-refractivity contribution in [3.05, 3.63) is 28.3 Å². The number of hydrogen-bond donors (Lipinski definition) is 2. The van der Waals surface area contributed by atoms with Crippen LogP contribution >= 0.6 is 0 Å². The highest BCUT2D eigenvalue weighted by molar-refractivity contribution is 5.80. The third-order valence-corrected chi connectivity index (χ3v) is 3.58. The zero-order chi connectivity index (χ0) is 13.4. The Morgan fingerprint density at radius 2 is 2.37 bits per heavy atom. The molecule has 1 fully saturated rings. The maximum Gasteiger partial charge on any atom is 0.271 e. The van der Waals surface area contributed by atoms with Gasteiger partial charge in [0.2, 0.25) is 5.95 Å². The molecule has 2 aromatic rings. The minimum Gasteiger partial charge on any atom is -0.341 e. The largest absolute Gasteiger partial charge is 0.341 e. The van der Waals surface area contributed by atoms with Crippen molar-refractivity contribution in [1.82, 2.24) is 15.3 Å². The highest BCUT2D eigenvalue weighted by Crippen LogP contribution is 2.23. The van der Waals surface area contributed by atoms with Gasteiger partial charge in [-0.15, -0.1) is 0 Å². The second kappa shape index (κ2) is 4.51. The molecule has 1 aliphatic heterocycles. The van der Waals surface area contributed by atoms with Gasteiger partial charge in [0.1, 0.15) is 0 Å².